The highest BCUT2D eigenvalue weighted by molar-refractivity contribution is 7.91. The monoisotopic (exact) mass is 311 g/mol. The van der Waals surface area contributed by atoms with Crippen molar-refractivity contribution in [1.29, 1.82) is 0 Å². The number of rotatable bonds is 6. The first-order chi connectivity index (χ1) is 10.1. The lowest BCUT2D eigenvalue weighted by molar-refractivity contribution is 0.292. The van der Waals surface area contributed by atoms with Crippen LogP contribution in [0.2, 0.25) is 0 Å². The van der Waals surface area contributed by atoms with E-state index < -0.39 is 9.84 Å². The van der Waals surface area contributed by atoms with E-state index in [0.29, 0.717) is 16.6 Å². The molecule has 0 saturated heterocycles. The third-order valence-electron chi connectivity index (χ3n) is 4.41. The predicted octanol–water partition coefficient (Wildman–Crippen LogP) is 2.64. The molecular weight excluding hydrogens is 286 g/mol. The van der Waals surface area contributed by atoms with Gasteiger partial charge in [0.25, 0.3) is 0 Å². The van der Waals surface area contributed by atoms with Gasteiger partial charge >= 0.3 is 0 Å². The summed E-state index contributed by atoms with van der Waals surface area (Å²) in [5, 5.41) is 3.22. The van der Waals surface area contributed by atoms with E-state index >= 15 is 0 Å². The second kappa shape index (κ2) is 7.27. The van der Waals surface area contributed by atoms with Crippen molar-refractivity contribution < 1.29 is 13.2 Å². The lowest BCUT2D eigenvalue weighted by Gasteiger charge is -2.29. The summed E-state index contributed by atoms with van der Waals surface area (Å²) in [6.07, 6.45) is 5.96. The van der Waals surface area contributed by atoms with Crippen molar-refractivity contribution in [2.45, 2.75) is 43.0 Å². The smallest absolute Gasteiger partial charge is 0.179 e. The lowest BCUT2D eigenvalue weighted by Crippen LogP contribution is -2.40. The lowest BCUT2D eigenvalue weighted by atomic mass is 9.84. The van der Waals surface area contributed by atoms with Crippen molar-refractivity contribution in [3.05, 3.63) is 24.3 Å². The molecule has 1 saturated carbocycles. The number of hydrogen-bond acceptors (Lipinski definition) is 4. The molecule has 0 spiro atoms. The number of methoxy groups -OCH3 is 1. The van der Waals surface area contributed by atoms with Crippen LogP contribution >= 0.6 is 0 Å². The zero-order valence-electron chi connectivity index (χ0n) is 12.8. The number of benzene rings is 1. The molecule has 1 atom stereocenters. The summed E-state index contributed by atoms with van der Waals surface area (Å²) < 4.78 is 30.2. The number of sulfone groups is 1. The Morgan fingerprint density at radius 3 is 2.33 bits per heavy atom. The second-order valence-electron chi connectivity index (χ2n) is 5.75. The maximum Gasteiger partial charge on any atom is 0.179 e. The average Bonchev–Trinajstić information content (AvgIpc) is 2.53. The van der Waals surface area contributed by atoms with Gasteiger partial charge in [-0.05, 0) is 50.1 Å². The maximum absolute atomic E-state index is 12.6. The zero-order valence-corrected chi connectivity index (χ0v) is 13.7. The van der Waals surface area contributed by atoms with Crippen molar-refractivity contribution >= 4 is 9.84 Å². The summed E-state index contributed by atoms with van der Waals surface area (Å²) in [5.41, 5.74) is 0. The molecule has 21 heavy (non-hydrogen) atoms. The molecule has 1 aromatic carbocycles. The number of nitrogens with one attached hydrogen (secondary N) is 1. The highest BCUT2D eigenvalue weighted by Crippen LogP contribution is 2.28. The van der Waals surface area contributed by atoms with E-state index in [2.05, 4.69) is 5.32 Å². The van der Waals surface area contributed by atoms with Crippen LogP contribution in [0, 0.1) is 5.92 Å². The van der Waals surface area contributed by atoms with Gasteiger partial charge in [0, 0.05) is 6.04 Å². The molecule has 0 aromatic heterocycles. The molecule has 5 heteroatoms. The van der Waals surface area contributed by atoms with E-state index in [4.69, 9.17) is 4.74 Å². The van der Waals surface area contributed by atoms with Crippen LogP contribution in [0.5, 0.6) is 5.75 Å². The Balaban J connectivity index is 2.10. The van der Waals surface area contributed by atoms with E-state index in [-0.39, 0.29) is 11.8 Å². The Kier molecular flexibility index (Phi) is 5.65. The highest BCUT2D eigenvalue weighted by atomic mass is 32.2. The molecule has 0 radical (unpaired) electrons. The summed E-state index contributed by atoms with van der Waals surface area (Å²) in [5.74, 6) is 1.31. The first kappa shape index (κ1) is 16.3. The summed E-state index contributed by atoms with van der Waals surface area (Å²) in [7, 11) is 0.173. The molecule has 1 unspecified atom stereocenters. The van der Waals surface area contributed by atoms with Gasteiger partial charge in [-0.2, -0.15) is 0 Å². The summed E-state index contributed by atoms with van der Waals surface area (Å²) in [6, 6.07) is 6.69. The molecule has 2 rings (SSSR count). The van der Waals surface area contributed by atoms with Crippen LogP contribution in [0.25, 0.3) is 0 Å². The molecule has 1 aromatic rings. The minimum absolute atomic E-state index is 0.0393. The van der Waals surface area contributed by atoms with Gasteiger partial charge in [-0.15, -0.1) is 0 Å². The van der Waals surface area contributed by atoms with E-state index in [1.54, 1.807) is 31.4 Å². The first-order valence-corrected chi connectivity index (χ1v) is 9.26. The van der Waals surface area contributed by atoms with Gasteiger partial charge in [0.15, 0.2) is 9.84 Å². The highest BCUT2D eigenvalue weighted by Gasteiger charge is 2.28. The Morgan fingerprint density at radius 1 is 1.19 bits per heavy atom. The molecular formula is C16H25NO3S. The summed E-state index contributed by atoms with van der Waals surface area (Å²) >= 11 is 0. The van der Waals surface area contributed by atoms with Gasteiger partial charge in [0.2, 0.25) is 0 Å². The van der Waals surface area contributed by atoms with Crippen LogP contribution in [-0.2, 0) is 9.84 Å². The summed E-state index contributed by atoms with van der Waals surface area (Å²) in [4.78, 5) is 0.374. The van der Waals surface area contributed by atoms with E-state index in [9.17, 15) is 8.42 Å². The van der Waals surface area contributed by atoms with Crippen LogP contribution in [0.15, 0.2) is 29.2 Å². The Bertz CT molecular complexity index is 533. The minimum atomic E-state index is -3.26. The standard InChI is InChI=1S/C16H25NO3S/c1-17-16(13-6-4-3-5-7-13)12-21(18,19)15-10-8-14(20-2)9-11-15/h8-11,13,16-17H,3-7,12H2,1-2H3. The molecule has 1 N–H and O–H groups in total. The fraction of sp³-hybridized carbons (Fsp3) is 0.625. The minimum Gasteiger partial charge on any atom is -0.497 e. The maximum atomic E-state index is 12.6. The van der Waals surface area contributed by atoms with Crippen molar-refractivity contribution in [2.24, 2.45) is 5.92 Å². The van der Waals surface area contributed by atoms with E-state index in [1.165, 1.54) is 19.3 Å². The van der Waals surface area contributed by atoms with Crippen molar-refractivity contribution in [3.63, 3.8) is 0 Å². The topological polar surface area (TPSA) is 55.4 Å². The van der Waals surface area contributed by atoms with E-state index in [0.717, 1.165) is 12.8 Å². The molecule has 0 bridgehead atoms. The molecule has 1 aliphatic carbocycles. The fourth-order valence-electron chi connectivity index (χ4n) is 3.11. The van der Waals surface area contributed by atoms with Gasteiger partial charge in [0.05, 0.1) is 17.8 Å². The van der Waals surface area contributed by atoms with Gasteiger partial charge in [-0.25, -0.2) is 8.42 Å². The third kappa shape index (κ3) is 4.20. The quantitative estimate of drug-likeness (QED) is 0.877. The van der Waals surface area contributed by atoms with E-state index in [1.807, 2.05) is 7.05 Å². The van der Waals surface area contributed by atoms with Crippen LogP contribution in [0.3, 0.4) is 0 Å². The van der Waals surface area contributed by atoms with Crippen molar-refractivity contribution in [2.75, 3.05) is 19.9 Å². The molecule has 0 aliphatic heterocycles. The molecule has 1 fully saturated rings. The first-order valence-electron chi connectivity index (χ1n) is 7.61. The molecule has 4 nitrogen and oxygen atoms in total. The molecule has 0 heterocycles. The molecule has 0 amide bonds. The van der Waals surface area contributed by atoms with Gasteiger partial charge < -0.3 is 10.1 Å². The Labute approximate surface area is 127 Å². The van der Waals surface area contributed by atoms with Crippen molar-refractivity contribution in [1.82, 2.24) is 5.32 Å². The SMILES string of the molecule is CNC(CS(=O)(=O)c1ccc(OC)cc1)C1CCCCC1. The van der Waals surface area contributed by atoms with Crippen LogP contribution in [0.4, 0.5) is 0 Å². The average molecular weight is 311 g/mol. The van der Waals surface area contributed by atoms with Crippen LogP contribution in [0.1, 0.15) is 32.1 Å². The predicted molar refractivity (Wildman–Crippen MR) is 84.5 cm³/mol. The van der Waals surface area contributed by atoms with Crippen LogP contribution in [-0.4, -0.2) is 34.4 Å². The third-order valence-corrected chi connectivity index (χ3v) is 6.20. The number of ether oxygens (including phenoxy) is 1. The second-order valence-corrected chi connectivity index (χ2v) is 7.78. The Morgan fingerprint density at radius 2 is 1.81 bits per heavy atom. The van der Waals surface area contributed by atoms with Crippen LogP contribution < -0.4 is 10.1 Å². The largest absolute Gasteiger partial charge is 0.497 e. The van der Waals surface area contributed by atoms with Gasteiger partial charge in [0.1, 0.15) is 5.75 Å². The Hall–Kier alpha value is -1.07. The van der Waals surface area contributed by atoms with Gasteiger partial charge in [-0.1, -0.05) is 19.3 Å². The molecule has 1 aliphatic rings. The fourth-order valence-corrected chi connectivity index (χ4v) is 4.76. The summed E-state index contributed by atoms with van der Waals surface area (Å²) in [6.45, 7) is 0. The normalized spacial score (nSPS) is 18.4. The van der Waals surface area contributed by atoms with Gasteiger partial charge in [-0.3, -0.25) is 0 Å². The number of hydrogen-bond donors (Lipinski definition) is 1. The zero-order chi connectivity index (χ0) is 15.3. The molecule has 118 valence electrons. The van der Waals surface area contributed by atoms with Crippen molar-refractivity contribution in [3.8, 4) is 5.75 Å².